The molecule has 2 aromatic carbocycles. The van der Waals surface area contributed by atoms with Crippen LogP contribution in [0.5, 0.6) is 11.5 Å². The Bertz CT molecular complexity index is 698. The van der Waals surface area contributed by atoms with Gasteiger partial charge in [-0.3, -0.25) is 0 Å². The van der Waals surface area contributed by atoms with Crippen molar-refractivity contribution in [1.29, 1.82) is 0 Å². The van der Waals surface area contributed by atoms with Gasteiger partial charge in [-0.15, -0.1) is 0 Å². The predicted molar refractivity (Wildman–Crippen MR) is 129 cm³/mol. The lowest BCUT2D eigenvalue weighted by Crippen LogP contribution is -2.13. The second-order valence-corrected chi connectivity index (χ2v) is 9.22. The predicted octanol–water partition coefficient (Wildman–Crippen LogP) is 8.87. The smallest absolute Gasteiger partial charge is 0.127 e. The Labute approximate surface area is 184 Å². The third-order valence-electron chi connectivity index (χ3n) is 6.78. The molecule has 0 aliphatic heterocycles. The van der Waals surface area contributed by atoms with E-state index in [1.54, 1.807) is 0 Å². The Morgan fingerprint density at radius 1 is 0.700 bits per heavy atom. The molecule has 0 amide bonds. The molecule has 0 unspecified atom stereocenters. The summed E-state index contributed by atoms with van der Waals surface area (Å²) in [6.45, 7) is 2.29. The minimum Gasteiger partial charge on any atom is -0.457 e. The molecule has 0 radical (unpaired) electrons. The lowest BCUT2D eigenvalue weighted by molar-refractivity contribution is 0.301. The van der Waals surface area contributed by atoms with Crippen LogP contribution >= 0.6 is 0 Å². The fourth-order valence-electron chi connectivity index (χ4n) is 4.83. The molecule has 1 aliphatic carbocycles. The first-order valence-electron chi connectivity index (χ1n) is 12.4. The van der Waals surface area contributed by atoms with Gasteiger partial charge in [0.1, 0.15) is 11.5 Å². The Morgan fingerprint density at radius 3 is 1.83 bits per heavy atom. The van der Waals surface area contributed by atoms with E-state index in [1.807, 2.05) is 24.3 Å². The lowest BCUT2D eigenvalue weighted by Gasteiger charge is -2.29. The third-order valence-corrected chi connectivity index (χ3v) is 6.78. The summed E-state index contributed by atoms with van der Waals surface area (Å²) in [5, 5.41) is 0. The fourth-order valence-corrected chi connectivity index (χ4v) is 4.83. The number of ether oxygens (including phenoxy) is 1. The van der Waals surface area contributed by atoms with Gasteiger partial charge in [-0.2, -0.15) is 0 Å². The molecule has 2 nitrogen and oxygen atoms in total. The van der Waals surface area contributed by atoms with Crippen molar-refractivity contribution in [3.63, 3.8) is 0 Å². The van der Waals surface area contributed by atoms with E-state index in [4.69, 9.17) is 10.5 Å². The van der Waals surface area contributed by atoms with Crippen molar-refractivity contribution in [2.75, 3.05) is 5.73 Å². The van der Waals surface area contributed by atoms with Crippen LogP contribution in [-0.2, 0) is 0 Å². The van der Waals surface area contributed by atoms with Crippen molar-refractivity contribution in [2.45, 2.75) is 96.3 Å². The Balaban J connectivity index is 1.32. The van der Waals surface area contributed by atoms with Crippen LogP contribution in [0.4, 0.5) is 5.69 Å². The maximum absolute atomic E-state index is 5.93. The number of anilines is 1. The highest BCUT2D eigenvalue weighted by Crippen LogP contribution is 2.38. The van der Waals surface area contributed by atoms with Crippen LogP contribution in [-0.4, -0.2) is 0 Å². The fraction of sp³-hybridized carbons (Fsp3) is 0.571. The van der Waals surface area contributed by atoms with Crippen molar-refractivity contribution < 1.29 is 4.74 Å². The van der Waals surface area contributed by atoms with Gasteiger partial charge < -0.3 is 10.5 Å². The van der Waals surface area contributed by atoms with Gasteiger partial charge >= 0.3 is 0 Å². The maximum Gasteiger partial charge on any atom is 0.127 e. The van der Waals surface area contributed by atoms with Crippen LogP contribution in [0.3, 0.4) is 0 Å². The molecule has 0 aromatic heterocycles. The molecule has 2 heteroatoms. The van der Waals surface area contributed by atoms with E-state index in [-0.39, 0.29) is 0 Å². The molecule has 0 heterocycles. The van der Waals surface area contributed by atoms with Crippen LogP contribution in [0.2, 0.25) is 0 Å². The van der Waals surface area contributed by atoms with Gasteiger partial charge in [0.05, 0.1) is 0 Å². The third kappa shape index (κ3) is 7.70. The molecule has 3 rings (SSSR count). The van der Waals surface area contributed by atoms with E-state index in [2.05, 4.69) is 31.2 Å². The quantitative estimate of drug-likeness (QED) is 0.281. The molecule has 0 bridgehead atoms. The highest BCUT2D eigenvalue weighted by Gasteiger charge is 2.22. The summed E-state index contributed by atoms with van der Waals surface area (Å²) >= 11 is 0. The molecule has 0 spiro atoms. The number of unbranched alkanes of at least 4 members (excludes halogenated alkanes) is 7. The SMILES string of the molecule is CCCCCCCCCCC1CCC(c2ccc(Oc3ccc(N)cc3)cc2)CC1. The average molecular weight is 408 g/mol. The monoisotopic (exact) mass is 407 g/mol. The summed E-state index contributed by atoms with van der Waals surface area (Å²) < 4.78 is 5.93. The van der Waals surface area contributed by atoms with E-state index in [9.17, 15) is 0 Å². The van der Waals surface area contributed by atoms with E-state index < -0.39 is 0 Å². The summed E-state index contributed by atoms with van der Waals surface area (Å²) in [5.74, 6) is 3.42. The van der Waals surface area contributed by atoms with Crippen LogP contribution in [0.25, 0.3) is 0 Å². The van der Waals surface area contributed by atoms with E-state index >= 15 is 0 Å². The first-order valence-corrected chi connectivity index (χ1v) is 12.4. The zero-order valence-electron chi connectivity index (χ0n) is 19.0. The molecule has 164 valence electrons. The molecule has 0 atom stereocenters. The second-order valence-electron chi connectivity index (χ2n) is 9.22. The van der Waals surface area contributed by atoms with Crippen molar-refractivity contribution in [3.05, 3.63) is 54.1 Å². The number of hydrogen-bond acceptors (Lipinski definition) is 2. The number of hydrogen-bond donors (Lipinski definition) is 1. The van der Waals surface area contributed by atoms with Crippen molar-refractivity contribution in [3.8, 4) is 11.5 Å². The lowest BCUT2D eigenvalue weighted by atomic mass is 9.77. The zero-order valence-corrected chi connectivity index (χ0v) is 19.0. The Kier molecular flexibility index (Phi) is 9.60. The van der Waals surface area contributed by atoms with Crippen LogP contribution < -0.4 is 10.5 Å². The molecular weight excluding hydrogens is 366 g/mol. The van der Waals surface area contributed by atoms with E-state index in [0.29, 0.717) is 0 Å². The van der Waals surface area contributed by atoms with Crippen LogP contribution in [0, 0.1) is 5.92 Å². The van der Waals surface area contributed by atoms with Gasteiger partial charge in [0, 0.05) is 5.69 Å². The highest BCUT2D eigenvalue weighted by molar-refractivity contribution is 5.43. The molecular formula is C28H41NO. The second kappa shape index (κ2) is 12.7. The Hall–Kier alpha value is -1.96. The summed E-state index contributed by atoms with van der Waals surface area (Å²) in [6, 6.07) is 16.3. The highest BCUT2D eigenvalue weighted by atomic mass is 16.5. The number of benzene rings is 2. The summed E-state index contributed by atoms with van der Waals surface area (Å²) in [4.78, 5) is 0. The van der Waals surface area contributed by atoms with Gasteiger partial charge in [-0.05, 0) is 79.5 Å². The molecule has 1 aliphatic rings. The van der Waals surface area contributed by atoms with Gasteiger partial charge in [0.25, 0.3) is 0 Å². The first-order chi connectivity index (χ1) is 14.7. The Morgan fingerprint density at radius 2 is 1.23 bits per heavy atom. The van der Waals surface area contributed by atoms with Gasteiger partial charge in [0.2, 0.25) is 0 Å². The van der Waals surface area contributed by atoms with Crippen LogP contribution in [0.1, 0.15) is 102 Å². The van der Waals surface area contributed by atoms with Gasteiger partial charge in [0.15, 0.2) is 0 Å². The normalized spacial score (nSPS) is 19.0. The van der Waals surface area contributed by atoms with Crippen molar-refractivity contribution >= 4 is 5.69 Å². The van der Waals surface area contributed by atoms with Gasteiger partial charge in [-0.1, -0.05) is 76.8 Å². The van der Waals surface area contributed by atoms with Crippen molar-refractivity contribution in [1.82, 2.24) is 0 Å². The average Bonchev–Trinajstić information content (AvgIpc) is 2.78. The van der Waals surface area contributed by atoms with Crippen LogP contribution in [0.15, 0.2) is 48.5 Å². The summed E-state index contributed by atoms with van der Waals surface area (Å²) in [6.07, 6.45) is 18.4. The van der Waals surface area contributed by atoms with E-state index in [1.165, 1.54) is 89.0 Å². The molecule has 30 heavy (non-hydrogen) atoms. The number of rotatable bonds is 12. The standard InChI is InChI=1S/C28H41NO/c1-2-3-4-5-6-7-8-9-10-23-11-13-24(14-12-23)25-15-19-27(20-16-25)30-28-21-17-26(29)18-22-28/h15-24H,2-14,29H2,1H3. The summed E-state index contributed by atoms with van der Waals surface area (Å²) in [7, 11) is 0. The topological polar surface area (TPSA) is 35.2 Å². The van der Waals surface area contributed by atoms with E-state index in [0.717, 1.165) is 29.0 Å². The largest absolute Gasteiger partial charge is 0.457 e. The maximum atomic E-state index is 5.93. The molecule has 1 fully saturated rings. The first kappa shape index (κ1) is 22.7. The number of nitrogens with two attached hydrogens (primary N) is 1. The molecule has 1 saturated carbocycles. The van der Waals surface area contributed by atoms with Crippen molar-refractivity contribution in [2.24, 2.45) is 5.92 Å². The minimum atomic E-state index is 0.727. The zero-order chi connectivity index (χ0) is 21.0. The molecule has 2 aromatic rings. The molecule has 0 saturated heterocycles. The van der Waals surface area contributed by atoms with Gasteiger partial charge in [-0.25, -0.2) is 0 Å². The summed E-state index contributed by atoms with van der Waals surface area (Å²) in [5.41, 5.74) is 7.97. The number of nitrogen functional groups attached to an aromatic ring is 1. The minimum absolute atomic E-state index is 0.727. The molecule has 2 N–H and O–H groups in total.